The molecule has 1 saturated heterocycles. The molecule has 0 radical (unpaired) electrons. The average Bonchev–Trinajstić information content (AvgIpc) is 2.62. The van der Waals surface area contributed by atoms with Crippen molar-refractivity contribution in [1.82, 2.24) is 10.2 Å². The average molecular weight is 339 g/mol. The van der Waals surface area contributed by atoms with Crippen LogP contribution in [0.1, 0.15) is 43.7 Å². The zero-order chi connectivity index (χ0) is 15.4. The largest absolute Gasteiger partial charge is 0.496 e. The highest BCUT2D eigenvalue weighted by molar-refractivity contribution is 5.85. The zero-order valence-electron chi connectivity index (χ0n) is 13.8. The van der Waals surface area contributed by atoms with Crippen molar-refractivity contribution in [2.45, 2.75) is 38.1 Å². The number of nitrogens with one attached hydrogen (secondary N) is 1. The predicted molar refractivity (Wildman–Crippen MR) is 94.1 cm³/mol. The molecule has 3 rings (SSSR count). The Hall–Kier alpha value is -1.26. The van der Waals surface area contributed by atoms with E-state index in [0.29, 0.717) is 5.91 Å². The summed E-state index contributed by atoms with van der Waals surface area (Å²) in [6.07, 6.45) is 5.79. The quantitative estimate of drug-likeness (QED) is 0.920. The first kappa shape index (κ1) is 18.1. The normalized spacial score (nSPS) is 22.3. The summed E-state index contributed by atoms with van der Waals surface area (Å²) >= 11 is 0. The summed E-state index contributed by atoms with van der Waals surface area (Å²) in [6.45, 7) is 2.47. The number of hydrogen-bond acceptors (Lipinski definition) is 3. The number of rotatable bonds is 3. The fourth-order valence-corrected chi connectivity index (χ4v) is 3.77. The van der Waals surface area contributed by atoms with Gasteiger partial charge in [-0.25, -0.2) is 0 Å². The lowest BCUT2D eigenvalue weighted by Gasteiger charge is -2.39. The van der Waals surface area contributed by atoms with Gasteiger partial charge in [-0.3, -0.25) is 4.79 Å². The summed E-state index contributed by atoms with van der Waals surface area (Å²) in [6, 6.07) is 8.14. The predicted octanol–water partition coefficient (Wildman–Crippen LogP) is 3.17. The topological polar surface area (TPSA) is 41.6 Å². The van der Waals surface area contributed by atoms with Crippen molar-refractivity contribution in [3.05, 3.63) is 29.8 Å². The van der Waals surface area contributed by atoms with Crippen LogP contribution in [0.4, 0.5) is 0 Å². The molecule has 1 N–H and O–H groups in total. The summed E-state index contributed by atoms with van der Waals surface area (Å²) < 4.78 is 5.51. The van der Waals surface area contributed by atoms with Gasteiger partial charge in [-0.2, -0.15) is 0 Å². The first-order valence-electron chi connectivity index (χ1n) is 8.45. The van der Waals surface area contributed by atoms with E-state index in [9.17, 15) is 4.79 Å². The van der Waals surface area contributed by atoms with Crippen molar-refractivity contribution >= 4 is 18.3 Å². The Bertz CT molecular complexity index is 517. The van der Waals surface area contributed by atoms with E-state index in [0.717, 1.165) is 43.8 Å². The van der Waals surface area contributed by atoms with Gasteiger partial charge >= 0.3 is 0 Å². The van der Waals surface area contributed by atoms with E-state index in [-0.39, 0.29) is 24.4 Å². The van der Waals surface area contributed by atoms with Crippen LogP contribution in [0.2, 0.25) is 0 Å². The summed E-state index contributed by atoms with van der Waals surface area (Å²) in [5.74, 6) is 1.44. The number of hydrogen-bond donors (Lipinski definition) is 1. The van der Waals surface area contributed by atoms with E-state index in [2.05, 4.69) is 16.3 Å². The monoisotopic (exact) mass is 338 g/mol. The third-order valence-electron chi connectivity index (χ3n) is 4.98. The number of piperazine rings is 1. The second-order valence-corrected chi connectivity index (χ2v) is 6.33. The minimum absolute atomic E-state index is 0. The van der Waals surface area contributed by atoms with Crippen LogP contribution < -0.4 is 10.1 Å². The Morgan fingerprint density at radius 3 is 2.70 bits per heavy atom. The molecule has 1 aliphatic carbocycles. The Morgan fingerprint density at radius 1 is 1.22 bits per heavy atom. The molecule has 4 nitrogen and oxygen atoms in total. The number of carbonyl (C=O) groups excluding carboxylic acids is 1. The van der Waals surface area contributed by atoms with Gasteiger partial charge in [0.15, 0.2) is 0 Å². The van der Waals surface area contributed by atoms with Gasteiger partial charge in [0.2, 0.25) is 5.91 Å². The number of carbonyl (C=O) groups is 1. The number of amides is 1. The van der Waals surface area contributed by atoms with E-state index in [1.54, 1.807) is 7.11 Å². The molecule has 1 atom stereocenters. The van der Waals surface area contributed by atoms with Crippen LogP contribution in [0.25, 0.3) is 0 Å². The minimum Gasteiger partial charge on any atom is -0.496 e. The summed E-state index contributed by atoms with van der Waals surface area (Å²) in [4.78, 5) is 15.1. The molecule has 1 amide bonds. The molecule has 2 fully saturated rings. The van der Waals surface area contributed by atoms with Crippen LogP contribution in [0, 0.1) is 5.92 Å². The molecule has 128 valence electrons. The second-order valence-electron chi connectivity index (χ2n) is 6.33. The molecule has 1 saturated carbocycles. The molecule has 0 spiro atoms. The maximum atomic E-state index is 13.0. The van der Waals surface area contributed by atoms with Crippen LogP contribution in [0.3, 0.4) is 0 Å². The number of methoxy groups -OCH3 is 1. The molecule has 23 heavy (non-hydrogen) atoms. The van der Waals surface area contributed by atoms with Crippen molar-refractivity contribution in [2.24, 2.45) is 5.92 Å². The fraction of sp³-hybridized carbons (Fsp3) is 0.611. The van der Waals surface area contributed by atoms with Gasteiger partial charge in [0, 0.05) is 31.1 Å². The van der Waals surface area contributed by atoms with E-state index in [4.69, 9.17) is 4.74 Å². The molecule has 1 aromatic rings. The first-order valence-corrected chi connectivity index (χ1v) is 8.45. The fourth-order valence-electron chi connectivity index (χ4n) is 3.77. The van der Waals surface area contributed by atoms with Gasteiger partial charge in [0.05, 0.1) is 13.2 Å². The van der Waals surface area contributed by atoms with Crippen molar-refractivity contribution < 1.29 is 9.53 Å². The molecule has 5 heteroatoms. The zero-order valence-corrected chi connectivity index (χ0v) is 14.6. The molecule has 1 aromatic carbocycles. The molecule has 1 heterocycles. The van der Waals surface area contributed by atoms with Gasteiger partial charge in [-0.1, -0.05) is 37.5 Å². The van der Waals surface area contributed by atoms with Crippen LogP contribution in [0.15, 0.2) is 24.3 Å². The van der Waals surface area contributed by atoms with E-state index >= 15 is 0 Å². The van der Waals surface area contributed by atoms with E-state index < -0.39 is 0 Å². The highest BCUT2D eigenvalue weighted by Crippen LogP contribution is 2.33. The summed E-state index contributed by atoms with van der Waals surface area (Å²) in [7, 11) is 1.70. The van der Waals surface area contributed by atoms with Gasteiger partial charge in [-0.05, 0) is 18.9 Å². The Kier molecular flexibility index (Phi) is 6.72. The standard InChI is InChI=1S/C18H26N2O2.ClH/c1-22-17-10-6-5-9-15(17)16-13-19-11-12-20(16)18(21)14-7-3-2-4-8-14;/h5-6,9-10,14,16,19H,2-4,7-8,11-13H2,1H3;1H. The molecular formula is C18H27ClN2O2. The van der Waals surface area contributed by atoms with Gasteiger partial charge < -0.3 is 15.0 Å². The van der Waals surface area contributed by atoms with Gasteiger partial charge in [0.1, 0.15) is 5.75 Å². The highest BCUT2D eigenvalue weighted by Gasteiger charge is 2.33. The van der Waals surface area contributed by atoms with Crippen LogP contribution >= 0.6 is 12.4 Å². The lowest BCUT2D eigenvalue weighted by molar-refractivity contribution is -0.140. The molecule has 2 aliphatic rings. The van der Waals surface area contributed by atoms with Gasteiger partial charge in [0.25, 0.3) is 0 Å². The minimum atomic E-state index is 0. The number of para-hydroxylation sites is 1. The lowest BCUT2D eigenvalue weighted by atomic mass is 9.87. The number of halogens is 1. The molecule has 1 aliphatic heterocycles. The summed E-state index contributed by atoms with van der Waals surface area (Å²) in [5.41, 5.74) is 1.11. The van der Waals surface area contributed by atoms with E-state index in [1.807, 2.05) is 18.2 Å². The third kappa shape index (κ3) is 3.99. The molecular weight excluding hydrogens is 312 g/mol. The van der Waals surface area contributed by atoms with Crippen molar-refractivity contribution in [3.8, 4) is 5.75 Å². The smallest absolute Gasteiger partial charge is 0.226 e. The molecule has 0 bridgehead atoms. The molecule has 0 aromatic heterocycles. The second kappa shape index (κ2) is 8.55. The van der Waals surface area contributed by atoms with Crippen molar-refractivity contribution in [2.75, 3.05) is 26.7 Å². The highest BCUT2D eigenvalue weighted by atomic mass is 35.5. The maximum Gasteiger partial charge on any atom is 0.226 e. The first-order chi connectivity index (χ1) is 10.8. The Labute approximate surface area is 145 Å². The van der Waals surface area contributed by atoms with Gasteiger partial charge in [-0.15, -0.1) is 12.4 Å². The number of ether oxygens (including phenoxy) is 1. The number of nitrogens with zero attached hydrogens (tertiary/aromatic N) is 1. The van der Waals surface area contributed by atoms with Crippen molar-refractivity contribution in [1.29, 1.82) is 0 Å². The third-order valence-corrected chi connectivity index (χ3v) is 4.98. The summed E-state index contributed by atoms with van der Waals surface area (Å²) in [5, 5.41) is 3.42. The van der Waals surface area contributed by atoms with Crippen molar-refractivity contribution in [3.63, 3.8) is 0 Å². The Morgan fingerprint density at radius 2 is 1.96 bits per heavy atom. The number of benzene rings is 1. The SMILES string of the molecule is COc1ccccc1C1CNCCN1C(=O)C1CCCCC1.Cl. The maximum absolute atomic E-state index is 13.0. The Balaban J connectivity index is 0.00000192. The van der Waals surface area contributed by atoms with Crippen LogP contribution in [0.5, 0.6) is 5.75 Å². The van der Waals surface area contributed by atoms with Crippen LogP contribution in [-0.2, 0) is 4.79 Å². The lowest BCUT2D eigenvalue weighted by Crippen LogP contribution is -2.50. The van der Waals surface area contributed by atoms with Crippen LogP contribution in [-0.4, -0.2) is 37.6 Å². The molecule has 1 unspecified atom stereocenters. The van der Waals surface area contributed by atoms with E-state index in [1.165, 1.54) is 19.3 Å².